The predicted molar refractivity (Wildman–Crippen MR) is 80.7 cm³/mol. The van der Waals surface area contributed by atoms with Crippen LogP contribution in [0.4, 0.5) is 5.69 Å². The van der Waals surface area contributed by atoms with E-state index in [1.54, 1.807) is 13.2 Å². The van der Waals surface area contributed by atoms with Gasteiger partial charge in [-0.1, -0.05) is 12.1 Å². The molecule has 1 aromatic carbocycles. The molecule has 6 heteroatoms. The zero-order chi connectivity index (χ0) is 14.6. The largest absolute Gasteiger partial charge is 0.385 e. The molecule has 0 spiro atoms. The van der Waals surface area contributed by atoms with E-state index in [1.165, 1.54) is 18.9 Å². The van der Waals surface area contributed by atoms with Crippen LogP contribution in [-0.4, -0.2) is 25.2 Å². The van der Waals surface area contributed by atoms with Crippen molar-refractivity contribution < 1.29 is 9.66 Å². The maximum atomic E-state index is 10.9. The molecule has 0 radical (unpaired) electrons. The Morgan fingerprint density at radius 2 is 2.25 bits per heavy atom. The lowest BCUT2D eigenvalue weighted by Crippen LogP contribution is -2.24. The quantitative estimate of drug-likeness (QED) is 0.581. The summed E-state index contributed by atoms with van der Waals surface area (Å²) in [4.78, 5) is 10.5. The summed E-state index contributed by atoms with van der Waals surface area (Å²) in [6.45, 7) is 2.37. The normalized spacial score (nSPS) is 16.1. The third-order valence-electron chi connectivity index (χ3n) is 3.86. The first-order valence-corrected chi connectivity index (χ1v) is 7.49. The van der Waals surface area contributed by atoms with E-state index in [1.807, 2.05) is 6.07 Å². The number of hydrogen-bond acceptors (Lipinski definition) is 4. The summed E-state index contributed by atoms with van der Waals surface area (Å²) in [6, 6.07) is 5.13. The van der Waals surface area contributed by atoms with Crippen molar-refractivity contribution in [3.05, 3.63) is 38.3 Å². The van der Waals surface area contributed by atoms with Gasteiger partial charge >= 0.3 is 0 Å². The topological polar surface area (TPSA) is 64.4 Å². The van der Waals surface area contributed by atoms with E-state index in [-0.39, 0.29) is 10.6 Å². The molecule has 0 atom stereocenters. The Balaban J connectivity index is 1.89. The van der Waals surface area contributed by atoms with Gasteiger partial charge in [0.05, 0.1) is 9.40 Å². The van der Waals surface area contributed by atoms with Crippen LogP contribution in [0.5, 0.6) is 0 Å². The summed E-state index contributed by atoms with van der Waals surface area (Å²) < 4.78 is 5.70. The molecule has 1 aromatic rings. The van der Waals surface area contributed by atoms with Gasteiger partial charge in [0, 0.05) is 32.9 Å². The maximum absolute atomic E-state index is 10.9. The van der Waals surface area contributed by atoms with Crippen molar-refractivity contribution in [2.45, 2.75) is 25.8 Å². The van der Waals surface area contributed by atoms with Gasteiger partial charge in [-0.15, -0.1) is 0 Å². The molecule has 0 aliphatic heterocycles. The van der Waals surface area contributed by atoms with E-state index in [0.29, 0.717) is 16.4 Å². The Morgan fingerprint density at radius 1 is 1.50 bits per heavy atom. The SMILES string of the molecule is COCCC1(CNCc2cccc([N+](=O)[O-])c2Br)CC1. The number of nitro groups is 1. The summed E-state index contributed by atoms with van der Waals surface area (Å²) in [7, 11) is 1.73. The van der Waals surface area contributed by atoms with Crippen molar-refractivity contribution in [3.8, 4) is 0 Å². The Bertz CT molecular complexity index is 489. The van der Waals surface area contributed by atoms with Gasteiger partial charge in [-0.05, 0) is 46.2 Å². The fourth-order valence-electron chi connectivity index (χ4n) is 2.32. The lowest BCUT2D eigenvalue weighted by Gasteiger charge is -2.15. The van der Waals surface area contributed by atoms with Gasteiger partial charge in [0.15, 0.2) is 0 Å². The van der Waals surface area contributed by atoms with Crippen LogP contribution in [0.25, 0.3) is 0 Å². The number of halogens is 1. The van der Waals surface area contributed by atoms with Gasteiger partial charge in [0.25, 0.3) is 5.69 Å². The molecule has 0 bridgehead atoms. The molecule has 20 heavy (non-hydrogen) atoms. The molecule has 5 nitrogen and oxygen atoms in total. The summed E-state index contributed by atoms with van der Waals surface area (Å²) >= 11 is 3.32. The van der Waals surface area contributed by atoms with Gasteiger partial charge in [-0.3, -0.25) is 10.1 Å². The van der Waals surface area contributed by atoms with Crippen LogP contribution in [0.3, 0.4) is 0 Å². The highest BCUT2D eigenvalue weighted by Gasteiger charge is 2.41. The first kappa shape index (κ1) is 15.4. The van der Waals surface area contributed by atoms with Crippen LogP contribution in [-0.2, 0) is 11.3 Å². The lowest BCUT2D eigenvalue weighted by atomic mass is 10.0. The Kier molecular flexibility index (Phi) is 5.12. The molecule has 1 saturated carbocycles. The van der Waals surface area contributed by atoms with E-state index in [4.69, 9.17) is 4.74 Å². The van der Waals surface area contributed by atoms with Gasteiger partial charge in [-0.25, -0.2) is 0 Å². The van der Waals surface area contributed by atoms with Crippen molar-refractivity contribution in [2.24, 2.45) is 5.41 Å². The molecule has 1 aliphatic carbocycles. The Labute approximate surface area is 127 Å². The van der Waals surface area contributed by atoms with Crippen molar-refractivity contribution in [1.29, 1.82) is 0 Å². The molecule has 0 heterocycles. The standard InChI is InChI=1S/C14H19BrN2O3/c1-20-8-7-14(5-6-14)10-16-9-11-3-2-4-12(13(11)15)17(18)19/h2-4,16H,5-10H2,1H3. The summed E-state index contributed by atoms with van der Waals surface area (Å²) in [5.74, 6) is 0. The fourth-order valence-corrected chi connectivity index (χ4v) is 2.87. The van der Waals surface area contributed by atoms with Gasteiger partial charge in [-0.2, -0.15) is 0 Å². The minimum absolute atomic E-state index is 0.116. The Hall–Kier alpha value is -0.980. The molecular formula is C14H19BrN2O3. The highest BCUT2D eigenvalue weighted by atomic mass is 79.9. The van der Waals surface area contributed by atoms with Crippen LogP contribution < -0.4 is 5.32 Å². The molecule has 0 amide bonds. The van der Waals surface area contributed by atoms with Crippen molar-refractivity contribution in [2.75, 3.05) is 20.3 Å². The Morgan fingerprint density at radius 3 is 2.85 bits per heavy atom. The first-order valence-electron chi connectivity index (χ1n) is 6.69. The number of rotatable bonds is 8. The lowest BCUT2D eigenvalue weighted by molar-refractivity contribution is -0.385. The van der Waals surface area contributed by atoms with Crippen molar-refractivity contribution in [1.82, 2.24) is 5.32 Å². The van der Waals surface area contributed by atoms with Gasteiger partial charge < -0.3 is 10.1 Å². The molecule has 0 aromatic heterocycles. The first-order chi connectivity index (χ1) is 9.58. The molecule has 0 unspecified atom stereocenters. The molecule has 0 saturated heterocycles. The molecule has 110 valence electrons. The molecule has 1 aliphatic rings. The number of benzene rings is 1. The number of ether oxygens (including phenoxy) is 1. The summed E-state index contributed by atoms with van der Waals surface area (Å²) in [6.07, 6.45) is 3.55. The average molecular weight is 343 g/mol. The third-order valence-corrected chi connectivity index (χ3v) is 4.78. The minimum Gasteiger partial charge on any atom is -0.385 e. The van der Waals surface area contributed by atoms with Gasteiger partial charge in [0.1, 0.15) is 0 Å². The van der Waals surface area contributed by atoms with Gasteiger partial charge in [0.2, 0.25) is 0 Å². The molecule has 1 fully saturated rings. The van der Waals surface area contributed by atoms with E-state index < -0.39 is 0 Å². The van der Waals surface area contributed by atoms with E-state index >= 15 is 0 Å². The number of nitrogens with one attached hydrogen (secondary N) is 1. The summed E-state index contributed by atoms with van der Waals surface area (Å²) in [5.41, 5.74) is 1.41. The zero-order valence-corrected chi connectivity index (χ0v) is 13.1. The minimum atomic E-state index is -0.367. The monoisotopic (exact) mass is 342 g/mol. The number of hydrogen-bond donors (Lipinski definition) is 1. The predicted octanol–water partition coefficient (Wildman–Crippen LogP) is 3.26. The smallest absolute Gasteiger partial charge is 0.283 e. The highest BCUT2D eigenvalue weighted by molar-refractivity contribution is 9.10. The van der Waals surface area contributed by atoms with Crippen LogP contribution in [0, 0.1) is 15.5 Å². The van der Waals surface area contributed by atoms with E-state index in [0.717, 1.165) is 25.1 Å². The van der Waals surface area contributed by atoms with Crippen molar-refractivity contribution in [3.63, 3.8) is 0 Å². The third kappa shape index (κ3) is 3.77. The van der Waals surface area contributed by atoms with Crippen molar-refractivity contribution >= 4 is 21.6 Å². The second kappa shape index (κ2) is 6.65. The fraction of sp³-hybridized carbons (Fsp3) is 0.571. The molecule has 1 N–H and O–H groups in total. The number of nitro benzene ring substituents is 1. The number of nitrogens with zero attached hydrogens (tertiary/aromatic N) is 1. The van der Waals surface area contributed by atoms with Crippen LogP contribution in [0.15, 0.2) is 22.7 Å². The molecule has 2 rings (SSSR count). The highest BCUT2D eigenvalue weighted by Crippen LogP contribution is 2.48. The molecular weight excluding hydrogens is 324 g/mol. The zero-order valence-electron chi connectivity index (χ0n) is 11.5. The van der Waals surface area contributed by atoms with Crippen LogP contribution in [0.1, 0.15) is 24.8 Å². The maximum Gasteiger partial charge on any atom is 0.283 e. The number of methoxy groups -OCH3 is 1. The van der Waals surface area contributed by atoms with Crippen LogP contribution >= 0.6 is 15.9 Å². The second-order valence-electron chi connectivity index (χ2n) is 5.35. The summed E-state index contributed by atoms with van der Waals surface area (Å²) in [5, 5.41) is 14.3. The average Bonchev–Trinajstić information content (AvgIpc) is 3.18. The van der Waals surface area contributed by atoms with E-state index in [9.17, 15) is 10.1 Å². The van der Waals surface area contributed by atoms with E-state index in [2.05, 4.69) is 21.2 Å². The van der Waals surface area contributed by atoms with Crippen LogP contribution in [0.2, 0.25) is 0 Å². The second-order valence-corrected chi connectivity index (χ2v) is 6.15.